The summed E-state index contributed by atoms with van der Waals surface area (Å²) in [6.07, 6.45) is 1.22. The van der Waals surface area contributed by atoms with Crippen LogP contribution >= 0.6 is 22.9 Å². The number of rotatable bonds is 4. The maximum absolute atomic E-state index is 5.99. The molecule has 1 aliphatic heterocycles. The summed E-state index contributed by atoms with van der Waals surface area (Å²) in [4.78, 5) is 6.07. The van der Waals surface area contributed by atoms with Crippen LogP contribution in [0.25, 0.3) is 0 Å². The van der Waals surface area contributed by atoms with Crippen LogP contribution in [0.2, 0.25) is 5.02 Å². The van der Waals surface area contributed by atoms with Gasteiger partial charge in [0.15, 0.2) is 0 Å². The van der Waals surface area contributed by atoms with E-state index in [1.165, 1.54) is 11.3 Å². The minimum Gasteiger partial charge on any atom is -0.329 e. The van der Waals surface area contributed by atoms with Gasteiger partial charge in [-0.3, -0.25) is 4.90 Å². The molecule has 2 unspecified atom stereocenters. The first-order chi connectivity index (χ1) is 8.11. The van der Waals surface area contributed by atoms with Gasteiger partial charge < -0.3 is 10.6 Å². The van der Waals surface area contributed by atoms with E-state index in [-0.39, 0.29) is 0 Å². The Hall–Kier alpha value is -0.130. The SMILES string of the molecule is CN(C)C1CCN(C(CN)c2cc(Cl)cs2)C1. The van der Waals surface area contributed by atoms with E-state index in [0.29, 0.717) is 18.6 Å². The van der Waals surface area contributed by atoms with Crippen molar-refractivity contribution in [2.45, 2.75) is 18.5 Å². The molecule has 1 aromatic heterocycles. The largest absolute Gasteiger partial charge is 0.329 e. The van der Waals surface area contributed by atoms with Gasteiger partial charge in [0.25, 0.3) is 0 Å². The number of hydrogen-bond acceptors (Lipinski definition) is 4. The number of nitrogens with zero attached hydrogens (tertiary/aromatic N) is 2. The lowest BCUT2D eigenvalue weighted by atomic mass is 10.2. The summed E-state index contributed by atoms with van der Waals surface area (Å²) in [7, 11) is 4.29. The van der Waals surface area contributed by atoms with Gasteiger partial charge >= 0.3 is 0 Å². The number of thiophene rings is 1. The zero-order chi connectivity index (χ0) is 12.4. The molecule has 0 amide bonds. The van der Waals surface area contributed by atoms with Crippen molar-refractivity contribution >= 4 is 22.9 Å². The highest BCUT2D eigenvalue weighted by Crippen LogP contribution is 2.31. The van der Waals surface area contributed by atoms with Crippen molar-refractivity contribution in [3.63, 3.8) is 0 Å². The van der Waals surface area contributed by atoms with E-state index in [4.69, 9.17) is 17.3 Å². The van der Waals surface area contributed by atoms with Gasteiger partial charge in [-0.1, -0.05) is 11.6 Å². The molecule has 96 valence electrons. The van der Waals surface area contributed by atoms with Crippen LogP contribution in [-0.4, -0.2) is 49.6 Å². The molecule has 2 rings (SSSR count). The van der Waals surface area contributed by atoms with E-state index in [1.54, 1.807) is 11.3 Å². The van der Waals surface area contributed by atoms with Gasteiger partial charge in [0, 0.05) is 35.9 Å². The summed E-state index contributed by atoms with van der Waals surface area (Å²) < 4.78 is 0. The summed E-state index contributed by atoms with van der Waals surface area (Å²) in [5.41, 5.74) is 5.92. The molecule has 1 saturated heterocycles. The lowest BCUT2D eigenvalue weighted by Gasteiger charge is -2.27. The molecule has 2 N–H and O–H groups in total. The predicted octanol–water partition coefficient (Wildman–Crippen LogP) is 2.04. The summed E-state index contributed by atoms with van der Waals surface area (Å²) in [6, 6.07) is 3.03. The van der Waals surface area contributed by atoms with Crippen molar-refractivity contribution in [2.75, 3.05) is 33.7 Å². The van der Waals surface area contributed by atoms with Crippen molar-refractivity contribution < 1.29 is 0 Å². The van der Waals surface area contributed by atoms with Crippen LogP contribution in [0, 0.1) is 0 Å². The fourth-order valence-electron chi connectivity index (χ4n) is 2.42. The first-order valence-electron chi connectivity index (χ1n) is 5.96. The summed E-state index contributed by atoms with van der Waals surface area (Å²) >= 11 is 7.70. The zero-order valence-corrected chi connectivity index (χ0v) is 12.0. The van der Waals surface area contributed by atoms with Crippen LogP contribution in [0.5, 0.6) is 0 Å². The molecule has 0 aliphatic carbocycles. The van der Waals surface area contributed by atoms with Gasteiger partial charge in [-0.25, -0.2) is 0 Å². The van der Waals surface area contributed by atoms with Crippen molar-refractivity contribution in [1.82, 2.24) is 9.80 Å². The zero-order valence-electron chi connectivity index (χ0n) is 10.4. The molecule has 1 fully saturated rings. The molecule has 2 atom stereocenters. The second-order valence-corrected chi connectivity index (χ2v) is 6.20. The number of nitrogens with two attached hydrogens (primary N) is 1. The molecule has 0 radical (unpaired) electrons. The first kappa shape index (κ1) is 13.3. The Morgan fingerprint density at radius 1 is 1.65 bits per heavy atom. The normalized spacial score (nSPS) is 23.5. The Bertz CT molecular complexity index is 366. The fourth-order valence-corrected chi connectivity index (χ4v) is 3.65. The van der Waals surface area contributed by atoms with Gasteiger partial charge in [0.1, 0.15) is 0 Å². The van der Waals surface area contributed by atoms with E-state index < -0.39 is 0 Å². The lowest BCUT2D eigenvalue weighted by molar-refractivity contribution is 0.223. The lowest BCUT2D eigenvalue weighted by Crippen LogP contribution is -2.35. The van der Waals surface area contributed by atoms with E-state index in [2.05, 4.69) is 23.9 Å². The van der Waals surface area contributed by atoms with Crippen molar-refractivity contribution in [1.29, 1.82) is 0 Å². The standard InChI is InChI=1S/C12H20ClN3S/c1-15(2)10-3-4-16(7-10)11(6-14)12-5-9(13)8-17-12/h5,8,10-11H,3-4,6-7,14H2,1-2H3. The molecule has 0 spiro atoms. The third-order valence-corrected chi connectivity index (χ3v) is 4.89. The Morgan fingerprint density at radius 2 is 2.41 bits per heavy atom. The maximum Gasteiger partial charge on any atom is 0.0565 e. The smallest absolute Gasteiger partial charge is 0.0565 e. The molecule has 0 aromatic carbocycles. The van der Waals surface area contributed by atoms with Gasteiger partial charge in [0.2, 0.25) is 0 Å². The molecular weight excluding hydrogens is 254 g/mol. The van der Waals surface area contributed by atoms with Crippen LogP contribution < -0.4 is 5.73 Å². The molecule has 1 aliphatic rings. The fraction of sp³-hybridized carbons (Fsp3) is 0.667. The molecule has 0 bridgehead atoms. The Labute approximate surface area is 112 Å². The minimum absolute atomic E-state index is 0.331. The molecular formula is C12H20ClN3S. The van der Waals surface area contributed by atoms with Gasteiger partial charge in [-0.2, -0.15) is 0 Å². The van der Waals surface area contributed by atoms with Gasteiger partial charge in [0.05, 0.1) is 11.1 Å². The highest BCUT2D eigenvalue weighted by atomic mass is 35.5. The second-order valence-electron chi connectivity index (χ2n) is 4.82. The van der Waals surface area contributed by atoms with Crippen molar-refractivity contribution in [2.24, 2.45) is 5.73 Å². The summed E-state index contributed by atoms with van der Waals surface area (Å²) in [5, 5.41) is 2.81. The van der Waals surface area contributed by atoms with Crippen molar-refractivity contribution in [3.05, 3.63) is 21.3 Å². The molecule has 2 heterocycles. The van der Waals surface area contributed by atoms with E-state index >= 15 is 0 Å². The Morgan fingerprint density at radius 3 is 2.88 bits per heavy atom. The van der Waals surface area contributed by atoms with Crippen LogP contribution in [0.15, 0.2) is 11.4 Å². The molecule has 5 heteroatoms. The number of likely N-dealkylation sites (N-methyl/N-ethyl adjacent to an activating group) is 1. The quantitative estimate of drug-likeness (QED) is 0.911. The van der Waals surface area contributed by atoms with E-state index in [9.17, 15) is 0 Å². The van der Waals surface area contributed by atoms with Crippen LogP contribution in [0.1, 0.15) is 17.3 Å². The highest BCUT2D eigenvalue weighted by Gasteiger charge is 2.30. The van der Waals surface area contributed by atoms with Crippen LogP contribution in [-0.2, 0) is 0 Å². The average molecular weight is 274 g/mol. The molecule has 3 nitrogen and oxygen atoms in total. The summed E-state index contributed by atoms with van der Waals surface area (Å²) in [6.45, 7) is 2.89. The third-order valence-electron chi connectivity index (χ3n) is 3.51. The second kappa shape index (κ2) is 5.67. The molecule has 17 heavy (non-hydrogen) atoms. The van der Waals surface area contributed by atoms with Gasteiger partial charge in [-0.15, -0.1) is 11.3 Å². The van der Waals surface area contributed by atoms with Crippen LogP contribution in [0.3, 0.4) is 0 Å². The Kier molecular flexibility index (Phi) is 4.44. The molecule has 1 aromatic rings. The number of halogens is 1. The number of hydrogen-bond donors (Lipinski definition) is 1. The minimum atomic E-state index is 0.331. The molecule has 0 saturated carbocycles. The highest BCUT2D eigenvalue weighted by molar-refractivity contribution is 7.10. The van der Waals surface area contributed by atoms with Crippen LogP contribution in [0.4, 0.5) is 0 Å². The van der Waals surface area contributed by atoms with Gasteiger partial charge in [-0.05, 0) is 26.6 Å². The maximum atomic E-state index is 5.99. The average Bonchev–Trinajstić information content (AvgIpc) is 2.89. The summed E-state index contributed by atoms with van der Waals surface area (Å²) in [5.74, 6) is 0. The third kappa shape index (κ3) is 3.01. The van der Waals surface area contributed by atoms with Crippen molar-refractivity contribution in [3.8, 4) is 0 Å². The predicted molar refractivity (Wildman–Crippen MR) is 74.8 cm³/mol. The van der Waals surface area contributed by atoms with E-state index in [1.807, 2.05) is 11.4 Å². The number of likely N-dealkylation sites (tertiary alicyclic amines) is 1. The monoisotopic (exact) mass is 273 g/mol. The Balaban J connectivity index is 2.05. The topological polar surface area (TPSA) is 32.5 Å². The first-order valence-corrected chi connectivity index (χ1v) is 7.22. The van der Waals surface area contributed by atoms with E-state index in [0.717, 1.165) is 18.1 Å².